The van der Waals surface area contributed by atoms with Gasteiger partial charge in [0.25, 0.3) is 5.91 Å². The van der Waals surface area contributed by atoms with Crippen molar-refractivity contribution in [3.63, 3.8) is 0 Å². The highest BCUT2D eigenvalue weighted by molar-refractivity contribution is 6.30. The molecule has 1 aromatic rings. The van der Waals surface area contributed by atoms with E-state index < -0.39 is 17.5 Å². The molecule has 146 valence electrons. The summed E-state index contributed by atoms with van der Waals surface area (Å²) in [6.07, 6.45) is 1.13. The van der Waals surface area contributed by atoms with Crippen LogP contribution in [0.2, 0.25) is 5.02 Å². The number of anilines is 1. The number of piperidine rings is 1. The van der Waals surface area contributed by atoms with Crippen molar-refractivity contribution in [1.29, 1.82) is 0 Å². The van der Waals surface area contributed by atoms with Gasteiger partial charge in [0.05, 0.1) is 0 Å². The Morgan fingerprint density at radius 2 is 2.00 bits per heavy atom. The predicted octanol–water partition coefficient (Wildman–Crippen LogP) is 2.32. The van der Waals surface area contributed by atoms with E-state index in [0.29, 0.717) is 29.5 Å². The Morgan fingerprint density at radius 3 is 2.63 bits per heavy atom. The van der Waals surface area contributed by atoms with Crippen LogP contribution in [0.25, 0.3) is 0 Å². The van der Waals surface area contributed by atoms with Gasteiger partial charge in [-0.2, -0.15) is 0 Å². The van der Waals surface area contributed by atoms with Gasteiger partial charge in [0.2, 0.25) is 5.91 Å². The number of hydrogen-bond donors (Lipinski definition) is 2. The molecule has 1 spiro atoms. The number of nitrogens with zero attached hydrogens (tertiary/aromatic N) is 2. The number of rotatable bonds is 5. The number of hydrogen-bond acceptors (Lipinski definition) is 4. The molecule has 2 aliphatic rings. The number of halogens is 1. The molecule has 2 aliphatic heterocycles. The first-order chi connectivity index (χ1) is 12.8. The number of benzene rings is 1. The van der Waals surface area contributed by atoms with E-state index in [1.807, 2.05) is 0 Å². The highest BCUT2D eigenvalue weighted by Crippen LogP contribution is 2.29. The summed E-state index contributed by atoms with van der Waals surface area (Å²) in [5, 5.41) is 5.99. The Bertz CT molecular complexity index is 744. The Kier molecular flexibility index (Phi) is 5.72. The van der Waals surface area contributed by atoms with Gasteiger partial charge in [-0.3, -0.25) is 14.5 Å². The second-order valence-corrected chi connectivity index (χ2v) is 8.09. The van der Waals surface area contributed by atoms with Gasteiger partial charge < -0.3 is 15.5 Å². The molecule has 0 saturated carbocycles. The van der Waals surface area contributed by atoms with Crippen molar-refractivity contribution in [3.8, 4) is 0 Å². The first-order valence-corrected chi connectivity index (χ1v) is 9.59. The lowest BCUT2D eigenvalue weighted by atomic mass is 9.87. The van der Waals surface area contributed by atoms with E-state index in [-0.39, 0.29) is 12.5 Å². The van der Waals surface area contributed by atoms with Crippen LogP contribution in [0.3, 0.4) is 0 Å². The van der Waals surface area contributed by atoms with Gasteiger partial charge in [0.15, 0.2) is 0 Å². The van der Waals surface area contributed by atoms with Gasteiger partial charge in [-0.05, 0) is 37.0 Å². The Labute approximate surface area is 164 Å². The van der Waals surface area contributed by atoms with E-state index in [1.54, 1.807) is 24.3 Å². The molecule has 0 bridgehead atoms. The first-order valence-electron chi connectivity index (χ1n) is 9.21. The minimum absolute atomic E-state index is 0.307. The molecule has 2 N–H and O–H groups in total. The third-order valence-electron chi connectivity index (χ3n) is 4.99. The zero-order valence-corrected chi connectivity index (χ0v) is 16.4. The minimum Gasteiger partial charge on any atom is -0.324 e. The lowest BCUT2D eigenvalue weighted by Gasteiger charge is -2.37. The summed E-state index contributed by atoms with van der Waals surface area (Å²) in [6, 6.07) is 6.22. The molecule has 7 nitrogen and oxygen atoms in total. The molecule has 0 aliphatic carbocycles. The zero-order chi connectivity index (χ0) is 19.6. The third kappa shape index (κ3) is 4.42. The monoisotopic (exact) mass is 392 g/mol. The van der Waals surface area contributed by atoms with E-state index in [2.05, 4.69) is 29.4 Å². The van der Waals surface area contributed by atoms with Crippen molar-refractivity contribution in [3.05, 3.63) is 29.3 Å². The molecule has 4 amide bonds. The summed E-state index contributed by atoms with van der Waals surface area (Å²) in [5.74, 6) is -0.187. The maximum absolute atomic E-state index is 12.9. The van der Waals surface area contributed by atoms with Gasteiger partial charge in [0.1, 0.15) is 12.1 Å². The average Bonchev–Trinajstić information content (AvgIpc) is 2.81. The standard InChI is InChI=1S/C19H25ClN4O3/c1-13(2)11-23-8-6-19(7-9-23)17(26)24(18(27)22-19)12-16(25)21-15-5-3-4-14(20)10-15/h3-5,10,13H,6-9,11-12H2,1-2H3,(H,21,25)(H,22,27). The maximum Gasteiger partial charge on any atom is 0.325 e. The number of carbonyl (C=O) groups is 3. The zero-order valence-electron chi connectivity index (χ0n) is 15.6. The van der Waals surface area contributed by atoms with Crippen LogP contribution in [0.4, 0.5) is 10.5 Å². The van der Waals surface area contributed by atoms with Crippen LogP contribution in [0, 0.1) is 5.92 Å². The topological polar surface area (TPSA) is 81.8 Å². The average molecular weight is 393 g/mol. The number of carbonyl (C=O) groups excluding carboxylic acids is 3. The molecule has 2 heterocycles. The molecule has 8 heteroatoms. The van der Waals surface area contributed by atoms with Crippen LogP contribution in [-0.2, 0) is 9.59 Å². The fraction of sp³-hybridized carbons (Fsp3) is 0.526. The van der Waals surface area contributed by atoms with E-state index in [0.717, 1.165) is 24.5 Å². The van der Waals surface area contributed by atoms with Crippen molar-refractivity contribution in [1.82, 2.24) is 15.1 Å². The van der Waals surface area contributed by atoms with Crippen molar-refractivity contribution < 1.29 is 14.4 Å². The van der Waals surface area contributed by atoms with E-state index >= 15 is 0 Å². The Balaban J connectivity index is 1.60. The largest absolute Gasteiger partial charge is 0.325 e. The molecule has 2 fully saturated rings. The number of urea groups is 1. The Hall–Kier alpha value is -2.12. The lowest BCUT2D eigenvalue weighted by Crippen LogP contribution is -2.55. The van der Waals surface area contributed by atoms with Crippen LogP contribution in [-0.4, -0.2) is 59.4 Å². The van der Waals surface area contributed by atoms with E-state index in [9.17, 15) is 14.4 Å². The first kappa shape index (κ1) is 19.6. The molecule has 0 atom stereocenters. The number of imide groups is 1. The minimum atomic E-state index is -0.874. The summed E-state index contributed by atoms with van der Waals surface area (Å²) >= 11 is 5.90. The van der Waals surface area contributed by atoms with Crippen molar-refractivity contribution in [2.75, 3.05) is 31.5 Å². The highest BCUT2D eigenvalue weighted by Gasteiger charge is 2.52. The number of likely N-dealkylation sites (tertiary alicyclic amines) is 1. The molecule has 3 rings (SSSR count). The molecule has 0 radical (unpaired) electrons. The predicted molar refractivity (Wildman–Crippen MR) is 104 cm³/mol. The lowest BCUT2D eigenvalue weighted by molar-refractivity contribution is -0.135. The van der Waals surface area contributed by atoms with Gasteiger partial charge in [-0.1, -0.05) is 31.5 Å². The van der Waals surface area contributed by atoms with Crippen molar-refractivity contribution in [2.45, 2.75) is 32.2 Å². The molecular weight excluding hydrogens is 368 g/mol. The van der Waals surface area contributed by atoms with Gasteiger partial charge >= 0.3 is 6.03 Å². The molecule has 27 heavy (non-hydrogen) atoms. The van der Waals surface area contributed by atoms with Crippen LogP contribution >= 0.6 is 11.6 Å². The summed E-state index contributed by atoms with van der Waals surface area (Å²) in [5.41, 5.74) is -0.350. The third-order valence-corrected chi connectivity index (χ3v) is 5.22. The normalized spacial score (nSPS) is 19.6. The fourth-order valence-electron chi connectivity index (χ4n) is 3.70. The number of nitrogens with one attached hydrogen (secondary N) is 2. The number of amides is 4. The highest BCUT2D eigenvalue weighted by atomic mass is 35.5. The van der Waals surface area contributed by atoms with Gasteiger partial charge in [-0.25, -0.2) is 4.79 Å². The van der Waals surface area contributed by atoms with Crippen LogP contribution in [0.1, 0.15) is 26.7 Å². The summed E-state index contributed by atoms with van der Waals surface area (Å²) in [6.45, 7) is 6.50. The fourth-order valence-corrected chi connectivity index (χ4v) is 3.89. The quantitative estimate of drug-likeness (QED) is 0.753. The van der Waals surface area contributed by atoms with E-state index in [1.165, 1.54) is 0 Å². The molecule has 0 unspecified atom stereocenters. The summed E-state index contributed by atoms with van der Waals surface area (Å²) in [7, 11) is 0. The second kappa shape index (κ2) is 7.86. The molecular formula is C19H25ClN4O3. The van der Waals surface area contributed by atoms with Crippen molar-refractivity contribution >= 4 is 35.1 Å². The van der Waals surface area contributed by atoms with Crippen molar-refractivity contribution in [2.24, 2.45) is 5.92 Å². The molecule has 2 saturated heterocycles. The van der Waals surface area contributed by atoms with Gasteiger partial charge in [-0.15, -0.1) is 0 Å². The van der Waals surface area contributed by atoms with E-state index in [4.69, 9.17) is 11.6 Å². The maximum atomic E-state index is 12.9. The SMILES string of the molecule is CC(C)CN1CCC2(CC1)NC(=O)N(CC(=O)Nc1cccc(Cl)c1)C2=O. The van der Waals surface area contributed by atoms with Gasteiger partial charge in [0, 0.05) is 30.3 Å². The Morgan fingerprint density at radius 1 is 1.30 bits per heavy atom. The summed E-state index contributed by atoms with van der Waals surface area (Å²) in [4.78, 5) is 40.8. The smallest absolute Gasteiger partial charge is 0.324 e. The van der Waals surface area contributed by atoms with Crippen LogP contribution in [0.15, 0.2) is 24.3 Å². The second-order valence-electron chi connectivity index (χ2n) is 7.66. The molecule has 1 aromatic carbocycles. The van der Waals surface area contributed by atoms with Crippen LogP contribution in [0.5, 0.6) is 0 Å². The molecule has 0 aromatic heterocycles. The van der Waals surface area contributed by atoms with Crippen LogP contribution < -0.4 is 10.6 Å². The summed E-state index contributed by atoms with van der Waals surface area (Å²) < 4.78 is 0.